The molecule has 154 valence electrons. The second-order valence-electron chi connectivity index (χ2n) is 7.60. The molecule has 0 aliphatic heterocycles. The number of fused-ring (bicyclic) bond motifs is 2. The van der Waals surface area contributed by atoms with E-state index in [1.807, 2.05) is 0 Å². The Bertz CT molecular complexity index is 772. The first-order chi connectivity index (χ1) is 12.6. The molecule has 1 aromatic carbocycles. The van der Waals surface area contributed by atoms with Crippen molar-refractivity contribution in [1.29, 1.82) is 0 Å². The molecule has 2 aromatic rings. The van der Waals surface area contributed by atoms with E-state index in [4.69, 9.17) is 5.73 Å². The van der Waals surface area contributed by atoms with Crippen LogP contribution in [0.15, 0.2) is 30.5 Å². The zero-order valence-corrected chi connectivity index (χ0v) is 17.9. The lowest BCUT2D eigenvalue weighted by Crippen LogP contribution is -2.53. The SMILES string of the molecule is Cl.Cl.NC1CC2CCCC(C1)C2NC(=O)c1cnc(Cc2ccc(F)cc2)s1. The second kappa shape index (κ2) is 10.0. The highest BCUT2D eigenvalue weighted by Crippen LogP contribution is 2.39. The minimum Gasteiger partial charge on any atom is -0.348 e. The lowest BCUT2D eigenvalue weighted by atomic mass is 9.67. The molecule has 0 radical (unpaired) electrons. The first-order valence-corrected chi connectivity index (χ1v) is 10.2. The lowest BCUT2D eigenvalue weighted by molar-refractivity contribution is 0.0759. The zero-order chi connectivity index (χ0) is 18.1. The summed E-state index contributed by atoms with van der Waals surface area (Å²) in [5.74, 6) is 0.747. The number of benzene rings is 1. The summed E-state index contributed by atoms with van der Waals surface area (Å²) in [6.45, 7) is 0. The topological polar surface area (TPSA) is 68.0 Å². The van der Waals surface area contributed by atoms with E-state index in [2.05, 4.69) is 10.3 Å². The van der Waals surface area contributed by atoms with Crippen molar-refractivity contribution in [3.05, 3.63) is 51.7 Å². The molecule has 4 rings (SSSR count). The number of nitrogens with two attached hydrogens (primary N) is 1. The molecule has 2 bridgehead atoms. The van der Waals surface area contributed by atoms with Crippen molar-refractivity contribution < 1.29 is 9.18 Å². The predicted octanol–water partition coefficient (Wildman–Crippen LogP) is 4.35. The Hall–Kier alpha value is -1.21. The Morgan fingerprint density at radius 1 is 1.18 bits per heavy atom. The van der Waals surface area contributed by atoms with E-state index in [1.54, 1.807) is 18.3 Å². The highest BCUT2D eigenvalue weighted by atomic mass is 35.5. The van der Waals surface area contributed by atoms with Gasteiger partial charge in [0.1, 0.15) is 10.7 Å². The van der Waals surface area contributed by atoms with Gasteiger partial charge in [0, 0.05) is 18.5 Å². The molecule has 2 unspecified atom stereocenters. The van der Waals surface area contributed by atoms with Gasteiger partial charge in [-0.05, 0) is 55.2 Å². The van der Waals surface area contributed by atoms with Crippen LogP contribution >= 0.6 is 36.2 Å². The number of carbonyl (C=O) groups is 1. The zero-order valence-electron chi connectivity index (χ0n) is 15.5. The van der Waals surface area contributed by atoms with Crippen molar-refractivity contribution in [3.63, 3.8) is 0 Å². The normalized spacial score (nSPS) is 25.9. The van der Waals surface area contributed by atoms with Crippen molar-refractivity contribution in [2.24, 2.45) is 17.6 Å². The molecular weight excluding hydrogens is 420 g/mol. The van der Waals surface area contributed by atoms with Crippen LogP contribution in [0.5, 0.6) is 0 Å². The highest BCUT2D eigenvalue weighted by Gasteiger charge is 2.40. The maximum atomic E-state index is 13.0. The molecule has 1 amide bonds. The van der Waals surface area contributed by atoms with E-state index in [9.17, 15) is 9.18 Å². The van der Waals surface area contributed by atoms with Crippen LogP contribution in [0.2, 0.25) is 0 Å². The fourth-order valence-corrected chi connectivity index (χ4v) is 5.38. The number of hydrogen-bond donors (Lipinski definition) is 2. The number of halogens is 3. The maximum Gasteiger partial charge on any atom is 0.263 e. The summed E-state index contributed by atoms with van der Waals surface area (Å²) in [5, 5.41) is 4.14. The van der Waals surface area contributed by atoms with Gasteiger partial charge in [0.05, 0.1) is 11.2 Å². The summed E-state index contributed by atoms with van der Waals surface area (Å²) in [6.07, 6.45) is 7.86. The third-order valence-electron chi connectivity index (χ3n) is 5.72. The number of nitrogens with zero attached hydrogens (tertiary/aromatic N) is 1. The van der Waals surface area contributed by atoms with E-state index in [0.29, 0.717) is 23.1 Å². The van der Waals surface area contributed by atoms with Gasteiger partial charge in [0.15, 0.2) is 0 Å². The van der Waals surface area contributed by atoms with Gasteiger partial charge < -0.3 is 11.1 Å². The third-order valence-corrected chi connectivity index (χ3v) is 6.72. The quantitative estimate of drug-likeness (QED) is 0.734. The third kappa shape index (κ3) is 5.23. The summed E-state index contributed by atoms with van der Waals surface area (Å²) < 4.78 is 13.0. The molecule has 4 nitrogen and oxygen atoms in total. The fraction of sp³-hybridized carbons (Fsp3) is 0.500. The Morgan fingerprint density at radius 2 is 1.82 bits per heavy atom. The van der Waals surface area contributed by atoms with Crippen LogP contribution in [0.25, 0.3) is 0 Å². The molecule has 2 atom stereocenters. The van der Waals surface area contributed by atoms with Gasteiger partial charge in [-0.2, -0.15) is 0 Å². The van der Waals surface area contributed by atoms with Crippen LogP contribution in [0.4, 0.5) is 4.39 Å². The van der Waals surface area contributed by atoms with E-state index in [-0.39, 0.29) is 48.6 Å². The van der Waals surface area contributed by atoms with Crippen molar-refractivity contribution in [1.82, 2.24) is 10.3 Å². The Labute approximate surface area is 181 Å². The summed E-state index contributed by atoms with van der Waals surface area (Å²) >= 11 is 1.42. The number of rotatable bonds is 4. The summed E-state index contributed by atoms with van der Waals surface area (Å²) in [7, 11) is 0. The number of aromatic nitrogens is 1. The van der Waals surface area contributed by atoms with Gasteiger partial charge in [0.25, 0.3) is 5.91 Å². The Morgan fingerprint density at radius 3 is 2.46 bits per heavy atom. The van der Waals surface area contributed by atoms with Gasteiger partial charge in [-0.3, -0.25) is 4.79 Å². The van der Waals surface area contributed by atoms with Gasteiger partial charge in [-0.15, -0.1) is 36.2 Å². The summed E-state index contributed by atoms with van der Waals surface area (Å²) in [4.78, 5) is 17.7. The van der Waals surface area contributed by atoms with Crippen molar-refractivity contribution >= 4 is 42.1 Å². The molecule has 1 aromatic heterocycles. The number of hydrogen-bond acceptors (Lipinski definition) is 4. The molecule has 3 N–H and O–H groups in total. The molecular formula is C20H26Cl2FN3OS. The molecule has 1 heterocycles. The number of amides is 1. The standard InChI is InChI=1S/C20H24FN3OS.2ClH/c21-15-6-4-12(5-7-15)8-18-23-11-17(26-18)20(25)24-19-13-2-1-3-14(19)10-16(22)9-13;;/h4-7,11,13-14,16,19H,1-3,8-10,22H2,(H,24,25);2*1H. The number of carbonyl (C=O) groups excluding carboxylic acids is 1. The van der Waals surface area contributed by atoms with E-state index in [0.717, 1.165) is 36.3 Å². The van der Waals surface area contributed by atoms with E-state index >= 15 is 0 Å². The minimum atomic E-state index is -0.245. The molecule has 28 heavy (non-hydrogen) atoms. The van der Waals surface area contributed by atoms with Gasteiger partial charge in [0.2, 0.25) is 0 Å². The first kappa shape index (κ1) is 23.1. The second-order valence-corrected chi connectivity index (χ2v) is 8.72. The monoisotopic (exact) mass is 445 g/mol. The Kier molecular flexibility index (Phi) is 8.25. The smallest absolute Gasteiger partial charge is 0.263 e. The first-order valence-electron chi connectivity index (χ1n) is 9.34. The molecule has 2 aliphatic rings. The molecule has 0 spiro atoms. The lowest BCUT2D eigenvalue weighted by Gasteiger charge is -2.45. The molecule has 8 heteroatoms. The van der Waals surface area contributed by atoms with Gasteiger partial charge in [-0.1, -0.05) is 18.6 Å². The van der Waals surface area contributed by atoms with Crippen molar-refractivity contribution in [2.45, 2.75) is 50.6 Å². The number of nitrogens with one attached hydrogen (secondary N) is 1. The van der Waals surface area contributed by atoms with Crippen molar-refractivity contribution in [2.75, 3.05) is 0 Å². The highest BCUT2D eigenvalue weighted by molar-refractivity contribution is 7.13. The maximum absolute atomic E-state index is 13.0. The largest absolute Gasteiger partial charge is 0.348 e. The van der Waals surface area contributed by atoms with Crippen LogP contribution < -0.4 is 11.1 Å². The minimum absolute atomic E-state index is 0. The molecule has 2 aliphatic carbocycles. The molecule has 0 saturated heterocycles. The van der Waals surface area contributed by atoms with E-state index in [1.165, 1.54) is 29.9 Å². The van der Waals surface area contributed by atoms with E-state index < -0.39 is 0 Å². The van der Waals surface area contributed by atoms with Crippen LogP contribution in [0, 0.1) is 17.7 Å². The van der Waals surface area contributed by atoms with Crippen LogP contribution in [0.1, 0.15) is 52.3 Å². The number of thiazole rings is 1. The van der Waals surface area contributed by atoms with Crippen LogP contribution in [-0.2, 0) is 6.42 Å². The van der Waals surface area contributed by atoms with Crippen LogP contribution in [-0.4, -0.2) is 23.0 Å². The van der Waals surface area contributed by atoms with Gasteiger partial charge >= 0.3 is 0 Å². The summed E-state index contributed by atoms with van der Waals surface area (Å²) in [5.41, 5.74) is 7.16. The Balaban J connectivity index is 0.00000140. The summed E-state index contributed by atoms with van der Waals surface area (Å²) in [6, 6.07) is 6.93. The fourth-order valence-electron chi connectivity index (χ4n) is 4.52. The van der Waals surface area contributed by atoms with Crippen LogP contribution in [0.3, 0.4) is 0 Å². The molecule has 2 saturated carbocycles. The average molecular weight is 446 g/mol. The molecule has 2 fully saturated rings. The average Bonchev–Trinajstić information content (AvgIpc) is 3.06. The predicted molar refractivity (Wildman–Crippen MR) is 115 cm³/mol. The van der Waals surface area contributed by atoms with Gasteiger partial charge in [-0.25, -0.2) is 9.37 Å². The van der Waals surface area contributed by atoms with Crippen molar-refractivity contribution in [3.8, 4) is 0 Å².